The van der Waals surface area contributed by atoms with E-state index in [1.807, 2.05) is 34.6 Å². The van der Waals surface area contributed by atoms with Crippen molar-refractivity contribution in [1.82, 2.24) is 10.2 Å². The summed E-state index contributed by atoms with van der Waals surface area (Å²) in [6, 6.07) is 5.55. The van der Waals surface area contributed by atoms with Crippen molar-refractivity contribution in [2.75, 3.05) is 11.9 Å². The largest absolute Gasteiger partial charge is 0.481 e. The Balaban J connectivity index is 1.91. The number of hydrogen-bond acceptors (Lipinski definition) is 9. The Morgan fingerprint density at radius 2 is 1.56 bits per heavy atom. The highest BCUT2D eigenvalue weighted by Gasteiger charge is 2.44. The van der Waals surface area contributed by atoms with Crippen LogP contribution >= 0.6 is 0 Å². The van der Waals surface area contributed by atoms with Gasteiger partial charge in [-0.05, 0) is 61.6 Å². The minimum atomic E-state index is -1.12. The first kappa shape index (κ1) is 43.7. The van der Waals surface area contributed by atoms with E-state index in [0.29, 0.717) is 43.5 Å². The maximum atomic E-state index is 13.3. The Bertz CT molecular complexity index is 1450. The van der Waals surface area contributed by atoms with Crippen LogP contribution in [0.4, 0.5) is 5.69 Å². The van der Waals surface area contributed by atoms with E-state index in [9.17, 15) is 43.5 Å². The quantitative estimate of drug-likeness (QED) is 0.0809. The minimum absolute atomic E-state index is 0.00456. The maximum absolute atomic E-state index is 13.3. The molecular formula is C39H57N3O10. The Hall–Kier alpha value is -4.42. The van der Waals surface area contributed by atoms with Gasteiger partial charge >= 0.3 is 11.9 Å². The first-order valence-corrected chi connectivity index (χ1v) is 18.2. The molecule has 1 aliphatic heterocycles. The number of carboxylic acid groups (broad SMARTS) is 1. The standard InChI is InChI=1S/C39H57N3O10/c1-24(2)19-29(20-31(44)11-9-8-10-18-42-34(46)22-32(38(42)51)39(5,6)7)37(50)40-25(3)33(45)21-28(14-17-35(47)48)36(49)41-30-15-12-27(13-16-30)23-52-26(4)43/h12-13,15-16,24-25,28-29,32H,8-11,14,17-23H2,1-7H3,(H,40,50)(H,41,49)(H,47,48)/t25-,28+,29-,32?/m0/s1. The summed E-state index contributed by atoms with van der Waals surface area (Å²) >= 11 is 0. The third kappa shape index (κ3) is 15.1. The number of imide groups is 1. The van der Waals surface area contributed by atoms with E-state index in [2.05, 4.69) is 10.6 Å². The van der Waals surface area contributed by atoms with Gasteiger partial charge in [0.05, 0.1) is 12.0 Å². The molecule has 0 aromatic heterocycles. The van der Waals surface area contributed by atoms with Gasteiger partial charge in [-0.15, -0.1) is 0 Å². The van der Waals surface area contributed by atoms with Crippen molar-refractivity contribution >= 4 is 52.8 Å². The predicted octanol–water partition coefficient (Wildman–Crippen LogP) is 5.24. The minimum Gasteiger partial charge on any atom is -0.481 e. The molecule has 13 nitrogen and oxygen atoms in total. The Morgan fingerprint density at radius 3 is 2.12 bits per heavy atom. The van der Waals surface area contributed by atoms with Gasteiger partial charge in [-0.1, -0.05) is 53.2 Å². The number of esters is 1. The fourth-order valence-electron chi connectivity index (χ4n) is 6.16. The van der Waals surface area contributed by atoms with Crippen molar-refractivity contribution in [3.8, 4) is 0 Å². The van der Waals surface area contributed by atoms with Gasteiger partial charge in [-0.3, -0.25) is 43.3 Å². The number of rotatable bonds is 22. The molecule has 0 radical (unpaired) electrons. The second-order valence-electron chi connectivity index (χ2n) is 15.4. The molecule has 1 aromatic carbocycles. The zero-order chi connectivity index (χ0) is 39.2. The molecule has 1 fully saturated rings. The van der Waals surface area contributed by atoms with E-state index in [0.717, 1.165) is 0 Å². The molecule has 4 amide bonds. The van der Waals surface area contributed by atoms with Crippen LogP contribution in [0.2, 0.25) is 0 Å². The van der Waals surface area contributed by atoms with Gasteiger partial charge in [0.15, 0.2) is 5.78 Å². The molecule has 2 rings (SSSR count). The van der Waals surface area contributed by atoms with Crippen LogP contribution in [0, 0.1) is 29.1 Å². The number of amides is 4. The molecule has 288 valence electrons. The lowest BCUT2D eigenvalue weighted by molar-refractivity contribution is -0.142. The number of nitrogens with zero attached hydrogens (tertiary/aromatic N) is 1. The van der Waals surface area contributed by atoms with Gasteiger partial charge < -0.3 is 20.5 Å². The number of aliphatic carboxylic acids is 1. The molecule has 1 aromatic rings. The highest BCUT2D eigenvalue weighted by atomic mass is 16.5. The lowest BCUT2D eigenvalue weighted by Crippen LogP contribution is -2.43. The first-order chi connectivity index (χ1) is 24.3. The SMILES string of the molecule is CC(=O)OCc1ccc(NC(=O)[C@H](CCC(=O)O)CC(=O)[C@H](C)NC(=O)[C@H](CC(=O)CCCCCN2C(=O)CC(C(C)(C)C)C2=O)CC(C)C)cc1. The van der Waals surface area contributed by atoms with Crippen LogP contribution in [0.5, 0.6) is 0 Å². The molecule has 52 heavy (non-hydrogen) atoms. The van der Waals surface area contributed by atoms with Gasteiger partial charge in [0.1, 0.15) is 12.4 Å². The maximum Gasteiger partial charge on any atom is 0.303 e. The molecular weight excluding hydrogens is 670 g/mol. The number of carboxylic acids is 1. The summed E-state index contributed by atoms with van der Waals surface area (Å²) < 4.78 is 4.96. The number of benzene rings is 1. The lowest BCUT2D eigenvalue weighted by Gasteiger charge is -2.24. The molecule has 3 N–H and O–H groups in total. The fourth-order valence-corrected chi connectivity index (χ4v) is 6.16. The van der Waals surface area contributed by atoms with Crippen molar-refractivity contribution in [3.05, 3.63) is 29.8 Å². The van der Waals surface area contributed by atoms with Crippen molar-refractivity contribution in [2.45, 2.75) is 125 Å². The van der Waals surface area contributed by atoms with Crippen LogP contribution in [0.3, 0.4) is 0 Å². The third-order valence-electron chi connectivity index (χ3n) is 9.26. The van der Waals surface area contributed by atoms with E-state index < -0.39 is 47.4 Å². The highest BCUT2D eigenvalue weighted by Crippen LogP contribution is 2.35. The highest BCUT2D eigenvalue weighted by molar-refractivity contribution is 6.04. The number of ketones is 2. The van der Waals surface area contributed by atoms with E-state index in [-0.39, 0.29) is 80.0 Å². The summed E-state index contributed by atoms with van der Waals surface area (Å²) in [5.41, 5.74) is 0.828. The number of Topliss-reactive ketones (excluding diaryl/α,β-unsaturated/α-hetero) is 2. The number of hydrogen-bond donors (Lipinski definition) is 3. The molecule has 13 heteroatoms. The van der Waals surface area contributed by atoms with Crippen molar-refractivity contribution in [3.63, 3.8) is 0 Å². The number of likely N-dealkylation sites (tertiary alicyclic amines) is 1. The molecule has 0 bridgehead atoms. The van der Waals surface area contributed by atoms with Crippen LogP contribution in [0.15, 0.2) is 24.3 Å². The Kier molecular flexibility index (Phi) is 17.3. The molecule has 0 aliphatic carbocycles. The lowest BCUT2D eigenvalue weighted by atomic mass is 9.80. The molecule has 1 unspecified atom stereocenters. The van der Waals surface area contributed by atoms with Crippen molar-refractivity contribution < 1.29 is 48.2 Å². The zero-order valence-corrected chi connectivity index (χ0v) is 31.8. The van der Waals surface area contributed by atoms with Crippen LogP contribution < -0.4 is 10.6 Å². The van der Waals surface area contributed by atoms with Crippen LogP contribution in [0.25, 0.3) is 0 Å². The van der Waals surface area contributed by atoms with Gasteiger partial charge in [0.25, 0.3) is 0 Å². The molecule has 1 heterocycles. The average molecular weight is 728 g/mol. The molecule has 1 aliphatic rings. The smallest absolute Gasteiger partial charge is 0.303 e. The Morgan fingerprint density at radius 1 is 0.904 bits per heavy atom. The van der Waals surface area contributed by atoms with Gasteiger partial charge in [0, 0.05) is 63.1 Å². The molecule has 4 atom stereocenters. The second-order valence-corrected chi connectivity index (χ2v) is 15.4. The van der Waals surface area contributed by atoms with Crippen LogP contribution in [-0.2, 0) is 49.7 Å². The third-order valence-corrected chi connectivity index (χ3v) is 9.26. The molecule has 1 saturated heterocycles. The van der Waals surface area contributed by atoms with Gasteiger partial charge in [-0.2, -0.15) is 0 Å². The summed E-state index contributed by atoms with van der Waals surface area (Å²) in [7, 11) is 0. The number of nitrogens with one attached hydrogen (secondary N) is 2. The Labute approximate surface area is 307 Å². The zero-order valence-electron chi connectivity index (χ0n) is 31.8. The van der Waals surface area contributed by atoms with E-state index in [1.54, 1.807) is 24.3 Å². The van der Waals surface area contributed by atoms with Gasteiger partial charge in [0.2, 0.25) is 23.6 Å². The summed E-state index contributed by atoms with van der Waals surface area (Å²) in [6.45, 7) is 12.9. The number of carbonyl (C=O) groups excluding carboxylic acids is 7. The summed E-state index contributed by atoms with van der Waals surface area (Å²) in [6.07, 6.45) is 1.97. The second kappa shape index (κ2) is 20.6. The normalized spacial score (nSPS) is 16.3. The van der Waals surface area contributed by atoms with Gasteiger partial charge in [-0.25, -0.2) is 0 Å². The number of unbranched alkanes of at least 4 members (excludes halogenated alkanes) is 2. The van der Waals surface area contributed by atoms with Crippen LogP contribution in [-0.4, -0.2) is 69.7 Å². The van der Waals surface area contributed by atoms with E-state index >= 15 is 0 Å². The average Bonchev–Trinajstić information content (AvgIpc) is 3.34. The van der Waals surface area contributed by atoms with Crippen molar-refractivity contribution in [2.24, 2.45) is 29.1 Å². The summed E-state index contributed by atoms with van der Waals surface area (Å²) in [5.74, 6) is -5.22. The van der Waals surface area contributed by atoms with E-state index in [4.69, 9.17) is 4.74 Å². The van der Waals surface area contributed by atoms with E-state index in [1.165, 1.54) is 18.7 Å². The predicted molar refractivity (Wildman–Crippen MR) is 193 cm³/mol. The monoisotopic (exact) mass is 727 g/mol. The first-order valence-electron chi connectivity index (χ1n) is 18.2. The number of anilines is 1. The topological polar surface area (TPSA) is 193 Å². The van der Waals surface area contributed by atoms with Crippen LogP contribution in [0.1, 0.15) is 118 Å². The fraction of sp³-hybridized carbons (Fsp3) is 0.641. The summed E-state index contributed by atoms with van der Waals surface area (Å²) in [4.78, 5) is 101. The summed E-state index contributed by atoms with van der Waals surface area (Å²) in [5, 5.41) is 14.7. The molecule has 0 saturated carbocycles. The number of carbonyl (C=O) groups is 8. The number of ether oxygens (including phenoxy) is 1. The molecule has 0 spiro atoms. The van der Waals surface area contributed by atoms with Crippen molar-refractivity contribution in [1.29, 1.82) is 0 Å².